The second-order valence-corrected chi connectivity index (χ2v) is 7.83. The van der Waals surface area contributed by atoms with Gasteiger partial charge in [0.05, 0.1) is 5.69 Å². The van der Waals surface area contributed by atoms with Crippen LogP contribution in [0.4, 0.5) is 5.69 Å². The molecule has 7 nitrogen and oxygen atoms in total. The van der Waals surface area contributed by atoms with Crippen molar-refractivity contribution in [3.8, 4) is 11.3 Å². The monoisotopic (exact) mass is 423 g/mol. The summed E-state index contributed by atoms with van der Waals surface area (Å²) in [5.41, 5.74) is 4.52. The van der Waals surface area contributed by atoms with E-state index in [9.17, 15) is 9.59 Å². The summed E-state index contributed by atoms with van der Waals surface area (Å²) in [6, 6.07) is 21.4. The minimum Gasteiger partial charge on any atom is -0.324 e. The van der Waals surface area contributed by atoms with Crippen LogP contribution in [0.1, 0.15) is 11.1 Å². The number of carbonyl (C=O) groups excluding carboxylic acids is 1. The number of nitrogens with zero attached hydrogens (tertiary/aromatic N) is 4. The Balaban J connectivity index is 1.46. The number of fused-ring (bicyclic) bond motifs is 2. The average molecular weight is 423 g/mol. The number of amides is 1. The van der Waals surface area contributed by atoms with Gasteiger partial charge in [0.15, 0.2) is 0 Å². The first-order chi connectivity index (χ1) is 15.5. The van der Waals surface area contributed by atoms with E-state index >= 15 is 0 Å². The highest BCUT2D eigenvalue weighted by Gasteiger charge is 2.14. The number of nitrogens with one attached hydrogen (secondary N) is 1. The summed E-state index contributed by atoms with van der Waals surface area (Å²) in [4.78, 5) is 25.5. The van der Waals surface area contributed by atoms with Gasteiger partial charge in [-0.3, -0.25) is 9.59 Å². The predicted octanol–water partition coefficient (Wildman–Crippen LogP) is 3.97. The van der Waals surface area contributed by atoms with E-state index < -0.39 is 0 Å². The number of anilines is 1. The lowest BCUT2D eigenvalue weighted by Crippen LogP contribution is -2.30. The number of carbonyl (C=O) groups is 1. The van der Waals surface area contributed by atoms with Crippen LogP contribution >= 0.6 is 0 Å². The van der Waals surface area contributed by atoms with E-state index in [4.69, 9.17) is 0 Å². The lowest BCUT2D eigenvalue weighted by atomic mass is 10.0. The molecule has 0 spiro atoms. The van der Waals surface area contributed by atoms with Crippen molar-refractivity contribution < 1.29 is 4.79 Å². The third kappa shape index (κ3) is 3.54. The zero-order chi connectivity index (χ0) is 22.2. The zero-order valence-electron chi connectivity index (χ0n) is 17.7. The normalized spacial score (nSPS) is 11.2. The minimum absolute atomic E-state index is 0.183. The van der Waals surface area contributed by atoms with Crippen molar-refractivity contribution in [1.29, 1.82) is 0 Å². The van der Waals surface area contributed by atoms with Crippen molar-refractivity contribution in [3.63, 3.8) is 0 Å². The van der Waals surface area contributed by atoms with Crippen LogP contribution in [0, 0.1) is 13.8 Å². The molecule has 0 fully saturated rings. The number of hydrogen-bond acceptors (Lipinski definition) is 4. The highest BCUT2D eigenvalue weighted by atomic mass is 16.2. The molecule has 0 unspecified atom stereocenters. The molecule has 0 saturated heterocycles. The highest BCUT2D eigenvalue weighted by Crippen LogP contribution is 2.27. The van der Waals surface area contributed by atoms with E-state index in [0.717, 1.165) is 32.1 Å². The Hall–Kier alpha value is -4.26. The number of benzene rings is 3. The summed E-state index contributed by atoms with van der Waals surface area (Å²) < 4.78 is 2.61. The van der Waals surface area contributed by atoms with Gasteiger partial charge in [-0.25, -0.2) is 9.20 Å². The maximum absolute atomic E-state index is 13.0. The van der Waals surface area contributed by atoms with E-state index in [-0.39, 0.29) is 18.0 Å². The predicted molar refractivity (Wildman–Crippen MR) is 125 cm³/mol. The molecule has 7 heteroatoms. The molecule has 1 N–H and O–H groups in total. The lowest BCUT2D eigenvalue weighted by Gasteiger charge is -2.08. The summed E-state index contributed by atoms with van der Waals surface area (Å²) in [6.45, 7) is 3.81. The van der Waals surface area contributed by atoms with Gasteiger partial charge in [0.1, 0.15) is 18.4 Å². The van der Waals surface area contributed by atoms with Crippen molar-refractivity contribution in [1.82, 2.24) is 19.4 Å². The van der Waals surface area contributed by atoms with Gasteiger partial charge in [-0.1, -0.05) is 48.5 Å². The summed E-state index contributed by atoms with van der Waals surface area (Å²) in [7, 11) is 0. The molecule has 5 aromatic rings. The van der Waals surface area contributed by atoms with E-state index in [1.54, 1.807) is 6.07 Å². The van der Waals surface area contributed by atoms with E-state index in [2.05, 4.69) is 15.5 Å². The molecule has 3 aromatic carbocycles. The van der Waals surface area contributed by atoms with Crippen molar-refractivity contribution in [2.45, 2.75) is 20.4 Å². The molecule has 0 radical (unpaired) electrons. The van der Waals surface area contributed by atoms with Crippen LogP contribution < -0.4 is 10.9 Å². The summed E-state index contributed by atoms with van der Waals surface area (Å²) >= 11 is 0. The Kier molecular flexibility index (Phi) is 4.78. The molecule has 0 aliphatic rings. The van der Waals surface area contributed by atoms with Crippen LogP contribution in [0.3, 0.4) is 0 Å². The minimum atomic E-state index is -0.373. The van der Waals surface area contributed by atoms with Crippen LogP contribution in [0.25, 0.3) is 27.5 Å². The number of hydrogen-bond donors (Lipinski definition) is 1. The lowest BCUT2D eigenvalue weighted by molar-refractivity contribution is -0.117. The smallest absolute Gasteiger partial charge is 0.293 e. The second-order valence-electron chi connectivity index (χ2n) is 7.83. The fourth-order valence-electron chi connectivity index (χ4n) is 3.79. The van der Waals surface area contributed by atoms with Gasteiger partial charge in [0.2, 0.25) is 5.91 Å². The molecule has 158 valence electrons. The van der Waals surface area contributed by atoms with Gasteiger partial charge in [0.25, 0.3) is 5.56 Å². The van der Waals surface area contributed by atoms with Crippen LogP contribution in [0.5, 0.6) is 0 Å². The molecule has 2 aromatic heterocycles. The molecule has 5 rings (SSSR count). The fourth-order valence-corrected chi connectivity index (χ4v) is 3.79. The van der Waals surface area contributed by atoms with Gasteiger partial charge >= 0.3 is 0 Å². The largest absolute Gasteiger partial charge is 0.324 e. The molecular weight excluding hydrogens is 402 g/mol. The zero-order valence-corrected chi connectivity index (χ0v) is 17.7. The topological polar surface area (TPSA) is 81.3 Å². The molecule has 0 saturated carbocycles. The maximum Gasteiger partial charge on any atom is 0.293 e. The van der Waals surface area contributed by atoms with Gasteiger partial charge in [-0.2, -0.15) is 10.2 Å². The Labute approximate surface area is 183 Å². The molecular formula is C25H21N5O2. The Morgan fingerprint density at radius 2 is 1.78 bits per heavy atom. The van der Waals surface area contributed by atoms with Gasteiger partial charge < -0.3 is 5.32 Å². The summed E-state index contributed by atoms with van der Waals surface area (Å²) in [5.74, 6) is -0.319. The number of rotatable bonds is 4. The molecule has 2 heterocycles. The third-order valence-corrected chi connectivity index (χ3v) is 5.64. The number of aromatic nitrogens is 4. The quantitative estimate of drug-likeness (QED) is 0.474. The fraction of sp³-hybridized carbons (Fsp3) is 0.120. The molecule has 0 aliphatic carbocycles. The Bertz CT molecular complexity index is 1540. The molecule has 1 amide bonds. The first-order valence-corrected chi connectivity index (χ1v) is 10.3. The first kappa shape index (κ1) is 19.7. The van der Waals surface area contributed by atoms with Crippen molar-refractivity contribution in [3.05, 3.63) is 94.5 Å². The van der Waals surface area contributed by atoms with Crippen molar-refractivity contribution in [2.75, 3.05) is 5.32 Å². The van der Waals surface area contributed by atoms with Crippen LogP contribution in [-0.4, -0.2) is 25.3 Å². The van der Waals surface area contributed by atoms with E-state index in [1.807, 2.05) is 74.5 Å². The molecule has 0 aliphatic heterocycles. The number of aryl methyl sites for hydroxylation is 2. The summed E-state index contributed by atoms with van der Waals surface area (Å²) in [6.07, 6.45) is 1.45. The summed E-state index contributed by atoms with van der Waals surface area (Å²) in [5, 5.41) is 13.6. The Morgan fingerprint density at radius 1 is 0.969 bits per heavy atom. The first-order valence-electron chi connectivity index (χ1n) is 10.3. The molecule has 32 heavy (non-hydrogen) atoms. The standard InChI is InChI=1S/C25H21N5O2/c1-16-10-11-19(12-17(16)2)27-24(31)14-29-25(32)23-13-22(28-30(23)15-26-29)21-9-5-7-18-6-3-4-8-20(18)21/h3-13,15H,14H2,1-2H3,(H,27,31). The third-order valence-electron chi connectivity index (χ3n) is 5.64. The molecule has 0 atom stereocenters. The van der Waals surface area contributed by atoms with Crippen LogP contribution in [0.15, 0.2) is 77.9 Å². The van der Waals surface area contributed by atoms with Crippen molar-refractivity contribution >= 4 is 27.9 Å². The van der Waals surface area contributed by atoms with Gasteiger partial charge in [-0.05, 0) is 53.9 Å². The van der Waals surface area contributed by atoms with E-state index in [1.165, 1.54) is 10.8 Å². The van der Waals surface area contributed by atoms with Crippen LogP contribution in [-0.2, 0) is 11.3 Å². The Morgan fingerprint density at radius 3 is 2.62 bits per heavy atom. The maximum atomic E-state index is 13.0. The highest BCUT2D eigenvalue weighted by molar-refractivity contribution is 5.96. The van der Waals surface area contributed by atoms with Gasteiger partial charge in [0, 0.05) is 11.3 Å². The van der Waals surface area contributed by atoms with Crippen molar-refractivity contribution in [2.24, 2.45) is 0 Å². The second kappa shape index (κ2) is 7.77. The van der Waals surface area contributed by atoms with Gasteiger partial charge in [-0.15, -0.1) is 0 Å². The van der Waals surface area contributed by atoms with E-state index in [0.29, 0.717) is 16.9 Å². The van der Waals surface area contributed by atoms with Crippen LogP contribution in [0.2, 0.25) is 0 Å². The molecule has 0 bridgehead atoms. The SMILES string of the molecule is Cc1ccc(NC(=O)Cn2ncn3nc(-c4cccc5ccccc45)cc3c2=O)cc1C. The average Bonchev–Trinajstić information content (AvgIpc) is 3.23.